The van der Waals surface area contributed by atoms with Gasteiger partial charge in [0, 0.05) is 6.04 Å². The van der Waals surface area contributed by atoms with E-state index in [2.05, 4.69) is 24.8 Å². The predicted molar refractivity (Wildman–Crippen MR) is 39.1 cm³/mol. The molecule has 1 aliphatic rings. The number of rotatable bonds is 0. The topological polar surface area (TPSA) is 3.24 Å². The lowest BCUT2D eigenvalue weighted by Crippen LogP contribution is -2.28. The van der Waals surface area contributed by atoms with Crippen LogP contribution in [0.5, 0.6) is 0 Å². The summed E-state index contributed by atoms with van der Waals surface area (Å²) in [5.74, 6) is 2.77. The Morgan fingerprint density at radius 3 is 2.44 bits per heavy atom. The first-order valence-electron chi connectivity index (χ1n) is 3.43. The van der Waals surface area contributed by atoms with Crippen molar-refractivity contribution in [1.82, 2.24) is 4.90 Å². The van der Waals surface area contributed by atoms with Crippen LogP contribution < -0.4 is 0 Å². The van der Waals surface area contributed by atoms with Gasteiger partial charge in [-0.3, -0.25) is 4.90 Å². The number of likely N-dealkylation sites (tertiary alicyclic amines) is 1. The van der Waals surface area contributed by atoms with Crippen LogP contribution in [0, 0.1) is 12.3 Å². The molecule has 0 aromatic rings. The molecule has 0 amide bonds. The van der Waals surface area contributed by atoms with E-state index >= 15 is 0 Å². The predicted octanol–water partition coefficient (Wildman–Crippen LogP) is 1.10. The number of nitrogens with zero attached hydrogens (tertiary/aromatic N) is 1. The van der Waals surface area contributed by atoms with Gasteiger partial charge in [-0.1, -0.05) is 5.92 Å². The van der Waals surface area contributed by atoms with E-state index in [1.807, 2.05) is 0 Å². The van der Waals surface area contributed by atoms with Crippen LogP contribution in [0.3, 0.4) is 0 Å². The summed E-state index contributed by atoms with van der Waals surface area (Å²) in [6, 6.07) is 1.09. The highest BCUT2D eigenvalue weighted by Crippen LogP contribution is 2.20. The molecule has 0 radical (unpaired) electrons. The van der Waals surface area contributed by atoms with Crippen molar-refractivity contribution >= 4 is 0 Å². The second kappa shape index (κ2) is 2.41. The molecule has 0 aromatic carbocycles. The molecule has 1 heterocycles. The molecular formula is C8H13N. The standard InChI is InChI=1S/C8H13N/c1-4-8-6-5-7(2)9(8)3/h1,7-8H,5-6H2,2-3H3/t7-,8+/m1/s1. The Bertz CT molecular complexity index is 134. The van der Waals surface area contributed by atoms with E-state index in [0.29, 0.717) is 12.1 Å². The van der Waals surface area contributed by atoms with Gasteiger partial charge in [0.1, 0.15) is 0 Å². The SMILES string of the molecule is C#C[C@H]1CC[C@@H](C)N1C. The number of hydrogen-bond acceptors (Lipinski definition) is 1. The Morgan fingerprint density at radius 1 is 1.56 bits per heavy atom. The Kier molecular flexibility index (Phi) is 1.78. The third kappa shape index (κ3) is 1.09. The third-order valence-electron chi connectivity index (χ3n) is 2.24. The van der Waals surface area contributed by atoms with Gasteiger partial charge in [-0.2, -0.15) is 0 Å². The molecule has 50 valence electrons. The molecule has 0 aromatic heterocycles. The van der Waals surface area contributed by atoms with Gasteiger partial charge in [0.05, 0.1) is 6.04 Å². The van der Waals surface area contributed by atoms with E-state index in [0.717, 1.165) is 0 Å². The van der Waals surface area contributed by atoms with Crippen molar-refractivity contribution in [3.8, 4) is 12.3 Å². The molecule has 1 fully saturated rings. The van der Waals surface area contributed by atoms with Crippen LogP contribution in [-0.2, 0) is 0 Å². The largest absolute Gasteiger partial charge is 0.290 e. The van der Waals surface area contributed by atoms with Crippen LogP contribution in [0.25, 0.3) is 0 Å². The summed E-state index contributed by atoms with van der Waals surface area (Å²) >= 11 is 0. The fourth-order valence-electron chi connectivity index (χ4n) is 1.31. The van der Waals surface area contributed by atoms with Crippen LogP contribution in [0.4, 0.5) is 0 Å². The minimum atomic E-state index is 0.403. The maximum Gasteiger partial charge on any atom is 0.0712 e. The molecular weight excluding hydrogens is 110 g/mol. The van der Waals surface area contributed by atoms with Crippen molar-refractivity contribution in [3.63, 3.8) is 0 Å². The molecule has 1 heteroatoms. The van der Waals surface area contributed by atoms with Gasteiger partial charge < -0.3 is 0 Å². The van der Waals surface area contributed by atoms with E-state index in [4.69, 9.17) is 6.42 Å². The van der Waals surface area contributed by atoms with Gasteiger partial charge >= 0.3 is 0 Å². The third-order valence-corrected chi connectivity index (χ3v) is 2.24. The maximum atomic E-state index is 5.29. The van der Waals surface area contributed by atoms with Crippen LogP contribution >= 0.6 is 0 Å². The second-order valence-corrected chi connectivity index (χ2v) is 2.77. The number of terminal acetylenes is 1. The molecule has 9 heavy (non-hydrogen) atoms. The van der Waals surface area contributed by atoms with E-state index in [9.17, 15) is 0 Å². The van der Waals surface area contributed by atoms with E-state index in [-0.39, 0.29) is 0 Å². The Hall–Kier alpha value is -0.480. The highest BCUT2D eigenvalue weighted by molar-refractivity contribution is 5.03. The molecule has 0 N–H and O–H groups in total. The van der Waals surface area contributed by atoms with Crippen LogP contribution in [-0.4, -0.2) is 24.0 Å². The lowest BCUT2D eigenvalue weighted by atomic mass is 10.2. The summed E-state index contributed by atoms with van der Waals surface area (Å²) in [5.41, 5.74) is 0. The first-order chi connectivity index (χ1) is 4.25. The summed E-state index contributed by atoms with van der Waals surface area (Å²) in [5, 5.41) is 0. The fraction of sp³-hybridized carbons (Fsp3) is 0.750. The second-order valence-electron chi connectivity index (χ2n) is 2.77. The summed E-state index contributed by atoms with van der Waals surface area (Å²) in [6.07, 6.45) is 7.72. The molecule has 1 rings (SSSR count). The van der Waals surface area contributed by atoms with Gasteiger partial charge in [-0.15, -0.1) is 6.42 Å². The molecule has 1 nitrogen and oxygen atoms in total. The quantitative estimate of drug-likeness (QED) is 0.436. The highest BCUT2D eigenvalue weighted by atomic mass is 15.2. The van der Waals surface area contributed by atoms with Crippen molar-refractivity contribution < 1.29 is 0 Å². The molecule has 2 atom stereocenters. The van der Waals surface area contributed by atoms with Crippen LogP contribution in [0.2, 0.25) is 0 Å². The monoisotopic (exact) mass is 123 g/mol. The van der Waals surface area contributed by atoms with Gasteiger partial charge in [-0.25, -0.2) is 0 Å². The Balaban J connectivity index is 2.54. The molecule has 0 bridgehead atoms. The molecule has 0 aliphatic carbocycles. The Morgan fingerprint density at radius 2 is 2.22 bits per heavy atom. The lowest BCUT2D eigenvalue weighted by molar-refractivity contribution is 0.293. The minimum absolute atomic E-state index is 0.403. The number of hydrogen-bond donors (Lipinski definition) is 0. The Labute approximate surface area is 57.0 Å². The first-order valence-corrected chi connectivity index (χ1v) is 3.43. The van der Waals surface area contributed by atoms with Crippen LogP contribution in [0.15, 0.2) is 0 Å². The summed E-state index contributed by atoms with van der Waals surface area (Å²) in [6.45, 7) is 2.22. The molecule has 1 aliphatic heterocycles. The zero-order chi connectivity index (χ0) is 6.85. The van der Waals surface area contributed by atoms with Gasteiger partial charge in [0.2, 0.25) is 0 Å². The van der Waals surface area contributed by atoms with Gasteiger partial charge in [0.25, 0.3) is 0 Å². The first kappa shape index (κ1) is 6.64. The summed E-state index contributed by atoms with van der Waals surface area (Å²) in [7, 11) is 2.10. The zero-order valence-electron chi connectivity index (χ0n) is 6.09. The lowest BCUT2D eigenvalue weighted by Gasteiger charge is -2.18. The van der Waals surface area contributed by atoms with Crippen molar-refractivity contribution in [3.05, 3.63) is 0 Å². The van der Waals surface area contributed by atoms with E-state index in [1.165, 1.54) is 12.8 Å². The molecule has 0 saturated carbocycles. The van der Waals surface area contributed by atoms with Crippen LogP contribution in [0.1, 0.15) is 19.8 Å². The molecule has 1 saturated heterocycles. The van der Waals surface area contributed by atoms with E-state index in [1.54, 1.807) is 0 Å². The molecule has 0 unspecified atom stereocenters. The molecule has 0 spiro atoms. The smallest absolute Gasteiger partial charge is 0.0712 e. The maximum absolute atomic E-state index is 5.29. The normalized spacial score (nSPS) is 36.6. The summed E-state index contributed by atoms with van der Waals surface area (Å²) in [4.78, 5) is 2.26. The van der Waals surface area contributed by atoms with E-state index < -0.39 is 0 Å². The highest BCUT2D eigenvalue weighted by Gasteiger charge is 2.24. The van der Waals surface area contributed by atoms with Crippen molar-refractivity contribution in [1.29, 1.82) is 0 Å². The minimum Gasteiger partial charge on any atom is -0.290 e. The average Bonchev–Trinajstić information content (AvgIpc) is 2.15. The fourth-order valence-corrected chi connectivity index (χ4v) is 1.31. The average molecular weight is 123 g/mol. The van der Waals surface area contributed by atoms with Crippen molar-refractivity contribution in [2.45, 2.75) is 31.8 Å². The van der Waals surface area contributed by atoms with Gasteiger partial charge in [0.15, 0.2) is 0 Å². The zero-order valence-corrected chi connectivity index (χ0v) is 6.09. The van der Waals surface area contributed by atoms with Crippen molar-refractivity contribution in [2.24, 2.45) is 0 Å². The summed E-state index contributed by atoms with van der Waals surface area (Å²) < 4.78 is 0. The van der Waals surface area contributed by atoms with Crippen molar-refractivity contribution in [2.75, 3.05) is 7.05 Å². The van der Waals surface area contributed by atoms with Gasteiger partial charge in [-0.05, 0) is 26.8 Å².